The molecule has 6 nitrogen and oxygen atoms in total. The molecule has 0 saturated carbocycles. The number of hydrogen-bond donors (Lipinski definition) is 1. The lowest BCUT2D eigenvalue weighted by molar-refractivity contribution is 0.634. The maximum absolute atomic E-state index is 13.9. The third-order valence-electron chi connectivity index (χ3n) is 3.95. The van der Waals surface area contributed by atoms with Crippen molar-refractivity contribution in [2.24, 2.45) is 7.05 Å². The zero-order chi connectivity index (χ0) is 17.4. The number of aromatic amines is 1. The van der Waals surface area contributed by atoms with E-state index in [-0.39, 0.29) is 16.5 Å². The van der Waals surface area contributed by atoms with Crippen molar-refractivity contribution in [3.05, 3.63) is 63.8 Å². The van der Waals surface area contributed by atoms with Crippen molar-refractivity contribution in [2.45, 2.75) is 12.8 Å². The van der Waals surface area contributed by atoms with Crippen molar-refractivity contribution < 1.29 is 4.39 Å². The fraction of sp³-hybridized carbons (Fsp3) is 0.176. The van der Waals surface area contributed by atoms with Crippen LogP contribution in [0.25, 0.3) is 21.6 Å². The molecule has 0 aliphatic heterocycles. The van der Waals surface area contributed by atoms with Gasteiger partial charge in [0.05, 0.1) is 5.39 Å². The van der Waals surface area contributed by atoms with Crippen LogP contribution in [0.1, 0.15) is 11.6 Å². The smallest absolute Gasteiger partial charge is 0.258 e. The number of rotatable bonds is 4. The number of para-hydroxylation sites is 1. The van der Waals surface area contributed by atoms with Crippen LogP contribution in [-0.2, 0) is 19.9 Å². The van der Waals surface area contributed by atoms with Crippen molar-refractivity contribution in [3.63, 3.8) is 0 Å². The van der Waals surface area contributed by atoms with E-state index < -0.39 is 5.82 Å². The van der Waals surface area contributed by atoms with Crippen LogP contribution in [-0.4, -0.2) is 24.5 Å². The summed E-state index contributed by atoms with van der Waals surface area (Å²) in [5, 5.41) is 3.02. The first-order chi connectivity index (χ1) is 12.1. The highest BCUT2D eigenvalue weighted by molar-refractivity contribution is 7.13. The minimum atomic E-state index is -0.493. The highest BCUT2D eigenvalue weighted by Gasteiger charge is 2.12. The molecule has 0 aliphatic rings. The number of aromatic nitrogens is 5. The lowest BCUT2D eigenvalue weighted by Gasteiger charge is -2.04. The van der Waals surface area contributed by atoms with Crippen LogP contribution in [0, 0.1) is 5.82 Å². The predicted octanol–water partition coefficient (Wildman–Crippen LogP) is 2.70. The van der Waals surface area contributed by atoms with Crippen molar-refractivity contribution in [3.8, 4) is 10.7 Å². The molecule has 0 amide bonds. The third kappa shape index (κ3) is 2.96. The van der Waals surface area contributed by atoms with Crippen molar-refractivity contribution in [1.29, 1.82) is 0 Å². The quantitative estimate of drug-likeness (QED) is 0.611. The van der Waals surface area contributed by atoms with Crippen LogP contribution in [0.15, 0.2) is 40.8 Å². The van der Waals surface area contributed by atoms with Gasteiger partial charge in [-0.3, -0.25) is 4.79 Å². The third-order valence-corrected chi connectivity index (χ3v) is 4.74. The Morgan fingerprint density at radius 2 is 2.16 bits per heavy atom. The van der Waals surface area contributed by atoms with Gasteiger partial charge in [0.15, 0.2) is 0 Å². The van der Waals surface area contributed by atoms with E-state index in [1.807, 2.05) is 23.2 Å². The molecule has 0 spiro atoms. The molecular formula is C17H14FN5OS. The number of halogens is 1. The van der Waals surface area contributed by atoms with Gasteiger partial charge in [-0.25, -0.2) is 19.3 Å². The fourth-order valence-corrected chi connectivity index (χ4v) is 3.30. The Morgan fingerprint density at radius 1 is 1.28 bits per heavy atom. The molecule has 25 heavy (non-hydrogen) atoms. The molecule has 0 aliphatic carbocycles. The Kier molecular flexibility index (Phi) is 3.89. The van der Waals surface area contributed by atoms with Gasteiger partial charge in [-0.2, -0.15) is 0 Å². The molecule has 0 atom stereocenters. The molecule has 1 aromatic carbocycles. The minimum absolute atomic E-state index is 0.101. The van der Waals surface area contributed by atoms with E-state index in [9.17, 15) is 9.18 Å². The van der Waals surface area contributed by atoms with Crippen molar-refractivity contribution in [2.75, 3.05) is 0 Å². The monoisotopic (exact) mass is 355 g/mol. The van der Waals surface area contributed by atoms with E-state index in [0.29, 0.717) is 18.7 Å². The van der Waals surface area contributed by atoms with Gasteiger partial charge in [0, 0.05) is 37.7 Å². The molecule has 0 fully saturated rings. The first-order valence-electron chi connectivity index (χ1n) is 7.71. The molecule has 3 heterocycles. The second-order valence-corrected chi connectivity index (χ2v) is 6.53. The van der Waals surface area contributed by atoms with E-state index in [4.69, 9.17) is 0 Å². The highest BCUT2D eigenvalue weighted by atomic mass is 32.1. The molecule has 4 aromatic rings. The van der Waals surface area contributed by atoms with Crippen LogP contribution < -0.4 is 5.56 Å². The first-order valence-corrected chi connectivity index (χ1v) is 8.59. The zero-order valence-electron chi connectivity index (χ0n) is 13.4. The number of aryl methyl sites for hydroxylation is 3. The maximum Gasteiger partial charge on any atom is 0.258 e. The second-order valence-electron chi connectivity index (χ2n) is 5.64. The van der Waals surface area contributed by atoms with E-state index >= 15 is 0 Å². The summed E-state index contributed by atoms with van der Waals surface area (Å²) in [5.41, 5.74) is 0.589. The van der Waals surface area contributed by atoms with E-state index in [1.165, 1.54) is 23.5 Å². The van der Waals surface area contributed by atoms with Gasteiger partial charge in [-0.1, -0.05) is 6.07 Å². The summed E-state index contributed by atoms with van der Waals surface area (Å²) >= 11 is 1.53. The van der Waals surface area contributed by atoms with Gasteiger partial charge in [0.25, 0.3) is 5.56 Å². The summed E-state index contributed by atoms with van der Waals surface area (Å²) in [6.45, 7) is 0. The molecule has 1 N–H and O–H groups in total. The molecule has 0 bridgehead atoms. The average Bonchev–Trinajstić information content (AvgIpc) is 3.24. The standard InChI is InChI=1S/C17H14FN5OS/c1-23-9-12(17-19-7-8-25-17)20-14(23)6-5-13-21-15-10(16(24)22-13)3-2-4-11(15)18/h2-4,7-9H,5-6H2,1H3,(H,21,22,24). The number of H-pyrrole nitrogens is 1. The number of thiazole rings is 1. The Bertz CT molecular complexity index is 1100. The Morgan fingerprint density at radius 3 is 2.96 bits per heavy atom. The number of hydrogen-bond acceptors (Lipinski definition) is 5. The normalized spacial score (nSPS) is 11.3. The second kappa shape index (κ2) is 6.21. The molecule has 0 saturated heterocycles. The summed E-state index contributed by atoms with van der Waals surface area (Å²) < 4.78 is 15.8. The Balaban J connectivity index is 1.61. The van der Waals surface area contributed by atoms with Gasteiger partial charge in [-0.15, -0.1) is 11.3 Å². The van der Waals surface area contributed by atoms with E-state index in [1.54, 1.807) is 12.3 Å². The molecule has 3 aromatic heterocycles. The molecule has 0 radical (unpaired) electrons. The Labute approximate surface area is 146 Å². The number of imidazole rings is 1. The van der Waals surface area contributed by atoms with Crippen LogP contribution in [0.2, 0.25) is 0 Å². The summed E-state index contributed by atoms with van der Waals surface area (Å²) in [6.07, 6.45) is 4.70. The zero-order valence-corrected chi connectivity index (χ0v) is 14.2. The molecule has 8 heteroatoms. The maximum atomic E-state index is 13.9. The largest absolute Gasteiger partial charge is 0.337 e. The van der Waals surface area contributed by atoms with Crippen LogP contribution in [0.4, 0.5) is 4.39 Å². The number of fused-ring (bicyclic) bond motifs is 1. The van der Waals surface area contributed by atoms with Crippen LogP contribution in [0.5, 0.6) is 0 Å². The van der Waals surface area contributed by atoms with Crippen molar-refractivity contribution >= 4 is 22.2 Å². The van der Waals surface area contributed by atoms with Gasteiger partial charge in [0.1, 0.15) is 33.7 Å². The van der Waals surface area contributed by atoms with Crippen LogP contribution >= 0.6 is 11.3 Å². The molecular weight excluding hydrogens is 341 g/mol. The molecule has 0 unspecified atom stereocenters. The summed E-state index contributed by atoms with van der Waals surface area (Å²) in [4.78, 5) is 27.9. The lowest BCUT2D eigenvalue weighted by atomic mass is 10.2. The predicted molar refractivity (Wildman–Crippen MR) is 94.0 cm³/mol. The van der Waals surface area contributed by atoms with Crippen LogP contribution in [0.3, 0.4) is 0 Å². The topological polar surface area (TPSA) is 76.5 Å². The lowest BCUT2D eigenvalue weighted by Crippen LogP contribution is -2.14. The SMILES string of the molecule is Cn1cc(-c2nccs2)nc1CCc1nc2c(F)cccc2c(=O)[nH]1. The average molecular weight is 355 g/mol. The summed E-state index contributed by atoms with van der Waals surface area (Å²) in [7, 11) is 1.91. The van der Waals surface area contributed by atoms with E-state index in [2.05, 4.69) is 19.9 Å². The first kappa shape index (κ1) is 15.6. The highest BCUT2D eigenvalue weighted by Crippen LogP contribution is 2.21. The van der Waals surface area contributed by atoms with Gasteiger partial charge < -0.3 is 9.55 Å². The van der Waals surface area contributed by atoms with Crippen molar-refractivity contribution in [1.82, 2.24) is 24.5 Å². The summed E-state index contributed by atoms with van der Waals surface area (Å²) in [6, 6.07) is 4.37. The number of nitrogens with one attached hydrogen (secondary N) is 1. The fourth-order valence-electron chi connectivity index (χ4n) is 2.71. The van der Waals surface area contributed by atoms with Gasteiger partial charge in [0.2, 0.25) is 0 Å². The number of nitrogens with zero attached hydrogens (tertiary/aromatic N) is 4. The molecule has 126 valence electrons. The summed E-state index contributed by atoms with van der Waals surface area (Å²) in [5.74, 6) is 0.802. The van der Waals surface area contributed by atoms with E-state index in [0.717, 1.165) is 16.5 Å². The Hall–Kier alpha value is -2.87. The van der Waals surface area contributed by atoms with Gasteiger partial charge >= 0.3 is 0 Å². The minimum Gasteiger partial charge on any atom is -0.337 e. The number of benzene rings is 1. The van der Waals surface area contributed by atoms with Gasteiger partial charge in [-0.05, 0) is 12.1 Å². The molecule has 4 rings (SSSR count).